The van der Waals surface area contributed by atoms with Crippen molar-refractivity contribution in [1.29, 1.82) is 0 Å². The Morgan fingerprint density at radius 1 is 0.604 bits per heavy atom. The molecule has 21 nitrogen and oxygen atoms in total. The van der Waals surface area contributed by atoms with Gasteiger partial charge in [-0.25, -0.2) is 28.8 Å². The highest BCUT2D eigenvalue weighted by molar-refractivity contribution is 5.80. The SMILES string of the molecule is CCC(COCC(O)COC(=O)C1COC(=O)O1)(COCC(O)COC(=O)C1COC(=O)O1)COCC(O)COC(=O)C1COC(=O)O1. The first-order chi connectivity index (χ1) is 22.9. The van der Waals surface area contributed by atoms with Gasteiger partial charge in [0.25, 0.3) is 0 Å². The van der Waals surface area contributed by atoms with Gasteiger partial charge < -0.3 is 72.2 Å². The monoisotopic (exact) mass is 698 g/mol. The molecule has 0 bridgehead atoms. The second kappa shape index (κ2) is 19.1. The minimum Gasteiger partial charge on any atom is -0.460 e. The van der Waals surface area contributed by atoms with Crippen molar-refractivity contribution < 1.29 is 101 Å². The highest BCUT2D eigenvalue weighted by Crippen LogP contribution is 2.25. The summed E-state index contributed by atoms with van der Waals surface area (Å²) in [6.07, 6.45) is -10.2. The zero-order chi connectivity index (χ0) is 35.1. The molecule has 0 amide bonds. The lowest BCUT2D eigenvalue weighted by atomic mass is 9.88. The third-order valence-electron chi connectivity index (χ3n) is 6.72. The Labute approximate surface area is 272 Å². The van der Waals surface area contributed by atoms with Crippen LogP contribution in [0.5, 0.6) is 0 Å². The van der Waals surface area contributed by atoms with Gasteiger partial charge in [0.05, 0.1) is 39.6 Å². The van der Waals surface area contributed by atoms with Crippen molar-refractivity contribution in [2.45, 2.75) is 50.0 Å². The fraction of sp³-hybridized carbons (Fsp3) is 0.778. The van der Waals surface area contributed by atoms with Gasteiger partial charge in [0.2, 0.25) is 18.3 Å². The molecule has 0 aromatic rings. The number of cyclic esters (lactones) is 6. The van der Waals surface area contributed by atoms with E-state index >= 15 is 0 Å². The molecule has 0 aromatic heterocycles. The third kappa shape index (κ3) is 12.9. The van der Waals surface area contributed by atoms with Gasteiger partial charge in [0.15, 0.2) is 0 Å². The molecule has 3 N–H and O–H groups in total. The smallest absolute Gasteiger partial charge is 0.460 e. The van der Waals surface area contributed by atoms with Crippen LogP contribution in [0.3, 0.4) is 0 Å². The van der Waals surface area contributed by atoms with E-state index in [2.05, 4.69) is 28.4 Å². The number of hydrogen-bond donors (Lipinski definition) is 3. The van der Waals surface area contributed by atoms with E-state index in [-0.39, 0.29) is 59.5 Å². The first-order valence-corrected chi connectivity index (χ1v) is 14.7. The fourth-order valence-electron chi connectivity index (χ4n) is 3.96. The molecule has 3 rings (SSSR count). The minimum atomic E-state index is -1.27. The third-order valence-corrected chi connectivity index (χ3v) is 6.72. The predicted octanol–water partition coefficient (Wildman–Crippen LogP) is -2.25. The summed E-state index contributed by atoms with van der Waals surface area (Å²) in [6.45, 7) is -1.82. The Bertz CT molecular complexity index is 980. The molecule has 0 saturated carbocycles. The lowest BCUT2D eigenvalue weighted by molar-refractivity contribution is -0.157. The fourth-order valence-corrected chi connectivity index (χ4v) is 3.96. The Hall–Kier alpha value is -4.02. The Morgan fingerprint density at radius 3 is 1.12 bits per heavy atom. The van der Waals surface area contributed by atoms with Crippen LogP contribution in [0.1, 0.15) is 13.3 Å². The first-order valence-electron chi connectivity index (χ1n) is 14.7. The molecule has 3 aliphatic heterocycles. The maximum Gasteiger partial charge on any atom is 0.509 e. The molecule has 0 spiro atoms. The number of aliphatic hydroxyl groups excluding tert-OH is 3. The number of aliphatic hydroxyl groups is 3. The summed E-state index contributed by atoms with van der Waals surface area (Å²) < 4.78 is 59.0. The predicted molar refractivity (Wildman–Crippen MR) is 145 cm³/mol. The van der Waals surface area contributed by atoms with Crippen molar-refractivity contribution in [3.63, 3.8) is 0 Å². The number of carbonyl (C=O) groups excluding carboxylic acids is 6. The molecular formula is C27H38O21. The average molecular weight is 699 g/mol. The summed E-state index contributed by atoms with van der Waals surface area (Å²) in [7, 11) is 0. The molecule has 272 valence electrons. The number of rotatable bonds is 22. The van der Waals surface area contributed by atoms with Crippen LogP contribution in [0.4, 0.5) is 14.4 Å². The summed E-state index contributed by atoms with van der Waals surface area (Å²) in [6, 6.07) is 0. The van der Waals surface area contributed by atoms with E-state index in [1.807, 2.05) is 0 Å². The first kappa shape index (κ1) is 38.4. The highest BCUT2D eigenvalue weighted by atomic mass is 16.8. The van der Waals surface area contributed by atoms with Crippen molar-refractivity contribution in [3.8, 4) is 0 Å². The van der Waals surface area contributed by atoms with E-state index < -0.39 is 98.2 Å². The van der Waals surface area contributed by atoms with Crippen molar-refractivity contribution in [3.05, 3.63) is 0 Å². The van der Waals surface area contributed by atoms with Crippen LogP contribution in [0.15, 0.2) is 0 Å². The summed E-state index contributed by atoms with van der Waals surface area (Å²) in [5.74, 6) is -2.73. The molecule has 3 aliphatic rings. The van der Waals surface area contributed by atoms with Gasteiger partial charge >= 0.3 is 36.4 Å². The summed E-state index contributed by atoms with van der Waals surface area (Å²) in [5, 5.41) is 30.7. The van der Waals surface area contributed by atoms with Crippen LogP contribution in [-0.2, 0) is 71.2 Å². The van der Waals surface area contributed by atoms with E-state index in [0.717, 1.165) is 0 Å². The Morgan fingerprint density at radius 2 is 0.896 bits per heavy atom. The van der Waals surface area contributed by atoms with Crippen molar-refractivity contribution in [2.75, 3.05) is 79.3 Å². The summed E-state index contributed by atoms with van der Waals surface area (Å²) in [5.41, 5.74) is -0.941. The second-order valence-electron chi connectivity index (χ2n) is 10.8. The Kier molecular flexibility index (Phi) is 15.3. The molecule has 0 aliphatic carbocycles. The van der Waals surface area contributed by atoms with E-state index in [1.165, 1.54) is 0 Å². The maximum absolute atomic E-state index is 11.9. The normalized spacial score (nSPS) is 23.2. The molecule has 0 aromatic carbocycles. The van der Waals surface area contributed by atoms with Gasteiger partial charge in [-0.1, -0.05) is 6.92 Å². The van der Waals surface area contributed by atoms with Crippen LogP contribution >= 0.6 is 0 Å². The van der Waals surface area contributed by atoms with E-state index in [4.69, 9.17) is 28.4 Å². The molecule has 3 fully saturated rings. The molecular weight excluding hydrogens is 660 g/mol. The number of carbonyl (C=O) groups is 6. The number of esters is 3. The number of ether oxygens (including phenoxy) is 12. The van der Waals surface area contributed by atoms with Gasteiger partial charge in [0, 0.05) is 5.41 Å². The highest BCUT2D eigenvalue weighted by Gasteiger charge is 2.36. The van der Waals surface area contributed by atoms with Crippen molar-refractivity contribution in [2.24, 2.45) is 5.41 Å². The largest absolute Gasteiger partial charge is 0.509 e. The molecule has 48 heavy (non-hydrogen) atoms. The number of hydrogen-bond acceptors (Lipinski definition) is 21. The van der Waals surface area contributed by atoms with Gasteiger partial charge in [-0.2, -0.15) is 0 Å². The van der Waals surface area contributed by atoms with Crippen LogP contribution in [-0.4, -0.2) is 168 Å². The molecule has 21 heteroatoms. The van der Waals surface area contributed by atoms with Crippen molar-refractivity contribution >= 4 is 36.4 Å². The van der Waals surface area contributed by atoms with Crippen LogP contribution < -0.4 is 0 Å². The minimum absolute atomic E-state index is 0.0984. The molecule has 0 radical (unpaired) electrons. The van der Waals surface area contributed by atoms with Gasteiger partial charge in [-0.05, 0) is 6.42 Å². The lowest BCUT2D eigenvalue weighted by Crippen LogP contribution is -2.40. The van der Waals surface area contributed by atoms with Crippen LogP contribution in [0.2, 0.25) is 0 Å². The van der Waals surface area contributed by atoms with Gasteiger partial charge in [0.1, 0.15) is 58.0 Å². The zero-order valence-electron chi connectivity index (χ0n) is 25.8. The lowest BCUT2D eigenvalue weighted by Gasteiger charge is -2.33. The molecule has 3 heterocycles. The quantitative estimate of drug-likeness (QED) is 0.0795. The maximum atomic E-state index is 11.9. The van der Waals surface area contributed by atoms with Crippen LogP contribution in [0.25, 0.3) is 0 Å². The van der Waals surface area contributed by atoms with Gasteiger partial charge in [-0.3, -0.25) is 0 Å². The standard InChI is InChI=1S/C27H38O21/c1-2-27(12-37-3-15(28)6-40-21(31)18-9-43-24(34)46-18,13-38-4-16(29)7-41-22(32)19-10-44-25(35)47-19)14-39-5-17(30)8-42-23(33)20-11-45-26(36)48-20/h15-20,28-30H,2-14H2,1H3. The average Bonchev–Trinajstić information content (AvgIpc) is 3.82. The van der Waals surface area contributed by atoms with E-state index in [9.17, 15) is 44.1 Å². The topological polar surface area (TPSA) is 274 Å². The summed E-state index contributed by atoms with van der Waals surface area (Å²) >= 11 is 0. The van der Waals surface area contributed by atoms with Crippen molar-refractivity contribution in [1.82, 2.24) is 0 Å². The van der Waals surface area contributed by atoms with Crippen LogP contribution in [0, 0.1) is 5.41 Å². The van der Waals surface area contributed by atoms with E-state index in [0.29, 0.717) is 6.42 Å². The molecule has 6 unspecified atom stereocenters. The molecule has 6 atom stereocenters. The second-order valence-corrected chi connectivity index (χ2v) is 10.8. The van der Waals surface area contributed by atoms with E-state index in [1.54, 1.807) is 6.92 Å². The molecule has 3 saturated heterocycles. The Balaban J connectivity index is 1.45. The zero-order valence-corrected chi connectivity index (χ0v) is 25.8. The van der Waals surface area contributed by atoms with Gasteiger partial charge in [-0.15, -0.1) is 0 Å². The summed E-state index contributed by atoms with van der Waals surface area (Å²) in [4.78, 5) is 68.7.